The number of Topliss-reactive ketones (excluding diaryl/α,β-unsaturated/α-hetero) is 1. The fourth-order valence-corrected chi connectivity index (χ4v) is 4.98. The fraction of sp³-hybridized carbons (Fsp3) is 0.250. The Bertz CT molecular complexity index is 1430. The summed E-state index contributed by atoms with van der Waals surface area (Å²) in [7, 11) is 3.00. The summed E-state index contributed by atoms with van der Waals surface area (Å²) in [4.78, 5) is 30.4. The summed E-state index contributed by atoms with van der Waals surface area (Å²) in [6.07, 6.45) is 0.754. The van der Waals surface area contributed by atoms with E-state index in [9.17, 15) is 14.0 Å². The van der Waals surface area contributed by atoms with Crippen molar-refractivity contribution in [2.24, 2.45) is 5.92 Å². The van der Waals surface area contributed by atoms with Crippen LogP contribution in [0.25, 0.3) is 21.3 Å². The number of aromatic nitrogens is 1. The quantitative estimate of drug-likeness (QED) is 0.285. The molecule has 36 heavy (non-hydrogen) atoms. The lowest BCUT2D eigenvalue weighted by Gasteiger charge is -2.12. The number of amides is 1. The number of benzene rings is 2. The Hall–Kier alpha value is -3.78. The number of fused-ring (bicyclic) bond motifs is 1. The first-order valence-electron chi connectivity index (χ1n) is 11.5. The van der Waals surface area contributed by atoms with Gasteiger partial charge in [0, 0.05) is 21.9 Å². The predicted octanol–water partition coefficient (Wildman–Crippen LogP) is 5.93. The van der Waals surface area contributed by atoms with Crippen LogP contribution in [0.15, 0.2) is 53.9 Å². The van der Waals surface area contributed by atoms with E-state index in [-0.39, 0.29) is 23.8 Å². The van der Waals surface area contributed by atoms with Crippen LogP contribution in [-0.2, 0) is 6.42 Å². The highest BCUT2D eigenvalue weighted by atomic mass is 32.1. The molecule has 0 unspecified atom stereocenters. The average Bonchev–Trinajstić information content (AvgIpc) is 3.31. The van der Waals surface area contributed by atoms with Gasteiger partial charge in [0.25, 0.3) is 5.91 Å². The molecule has 0 aliphatic rings. The maximum absolute atomic E-state index is 14.3. The summed E-state index contributed by atoms with van der Waals surface area (Å²) in [6, 6.07) is 13.5. The third kappa shape index (κ3) is 5.39. The van der Waals surface area contributed by atoms with Gasteiger partial charge >= 0.3 is 0 Å². The van der Waals surface area contributed by atoms with Crippen molar-refractivity contribution >= 4 is 33.1 Å². The van der Waals surface area contributed by atoms with Crippen LogP contribution in [-0.4, -0.2) is 37.4 Å². The second-order valence-corrected chi connectivity index (χ2v) is 9.67. The number of carbonyl (C=O) groups excluding carboxylic acids is 2. The SMILES string of the molecule is COc1ccc(C(=O)NCC(=O)c2cc(CC(C)C)cc(-c3csc4c(F)cccc34)n2)cc1OC. The van der Waals surface area contributed by atoms with Crippen molar-refractivity contribution in [3.8, 4) is 22.8 Å². The topological polar surface area (TPSA) is 77.5 Å². The normalized spacial score (nSPS) is 11.1. The third-order valence-electron chi connectivity index (χ3n) is 5.70. The molecule has 0 aliphatic heterocycles. The zero-order valence-corrected chi connectivity index (χ0v) is 21.4. The van der Waals surface area contributed by atoms with Crippen molar-refractivity contribution in [3.63, 3.8) is 0 Å². The Labute approximate surface area is 213 Å². The molecule has 0 radical (unpaired) electrons. The Morgan fingerprint density at radius 2 is 1.83 bits per heavy atom. The van der Waals surface area contributed by atoms with E-state index >= 15 is 0 Å². The molecule has 1 amide bonds. The van der Waals surface area contributed by atoms with E-state index in [1.165, 1.54) is 31.6 Å². The molecule has 0 aliphatic carbocycles. The summed E-state index contributed by atoms with van der Waals surface area (Å²) in [5.74, 6) is 0.276. The highest BCUT2D eigenvalue weighted by molar-refractivity contribution is 7.17. The molecule has 0 saturated heterocycles. The number of hydrogen-bond acceptors (Lipinski definition) is 6. The highest BCUT2D eigenvalue weighted by Gasteiger charge is 2.18. The van der Waals surface area contributed by atoms with Gasteiger partial charge in [-0.3, -0.25) is 9.59 Å². The van der Waals surface area contributed by atoms with Gasteiger partial charge in [-0.1, -0.05) is 26.0 Å². The molecule has 186 valence electrons. The smallest absolute Gasteiger partial charge is 0.251 e. The maximum Gasteiger partial charge on any atom is 0.251 e. The van der Waals surface area contributed by atoms with Crippen molar-refractivity contribution in [1.82, 2.24) is 10.3 Å². The zero-order chi connectivity index (χ0) is 25.8. The van der Waals surface area contributed by atoms with Crippen LogP contribution < -0.4 is 14.8 Å². The summed E-state index contributed by atoms with van der Waals surface area (Å²) in [5, 5.41) is 5.29. The Morgan fingerprint density at radius 3 is 2.56 bits per heavy atom. The molecule has 6 nitrogen and oxygen atoms in total. The van der Waals surface area contributed by atoms with E-state index in [4.69, 9.17) is 9.47 Å². The number of pyridine rings is 1. The van der Waals surface area contributed by atoms with Crippen LogP contribution in [0.4, 0.5) is 4.39 Å². The first kappa shape index (κ1) is 25.3. The Morgan fingerprint density at radius 1 is 1.06 bits per heavy atom. The van der Waals surface area contributed by atoms with Crippen molar-refractivity contribution in [3.05, 3.63) is 76.5 Å². The third-order valence-corrected chi connectivity index (χ3v) is 6.70. The van der Waals surface area contributed by atoms with Crippen molar-refractivity contribution in [2.75, 3.05) is 20.8 Å². The molecular weight excluding hydrogens is 479 g/mol. The first-order valence-corrected chi connectivity index (χ1v) is 12.4. The minimum atomic E-state index is -0.415. The molecule has 2 heterocycles. The molecule has 0 fully saturated rings. The standard InChI is InChI=1S/C28H27FN2O4S/c1-16(2)10-17-11-22(20-15-36-27-19(20)6-5-7-21(27)29)31-23(12-17)24(32)14-30-28(33)18-8-9-25(34-3)26(13-18)35-4/h5-9,11-13,15-16H,10,14H2,1-4H3,(H,30,33). The number of halogens is 1. The van der Waals surface area contributed by atoms with Crippen molar-refractivity contribution in [1.29, 1.82) is 0 Å². The molecule has 8 heteroatoms. The van der Waals surface area contributed by atoms with Crippen molar-refractivity contribution < 1.29 is 23.5 Å². The summed E-state index contributed by atoms with van der Waals surface area (Å²) < 4.78 is 25.3. The molecule has 0 atom stereocenters. The molecule has 4 rings (SSSR count). The lowest BCUT2D eigenvalue weighted by Crippen LogP contribution is -2.30. The number of hydrogen-bond donors (Lipinski definition) is 1. The van der Waals surface area contributed by atoms with Gasteiger partial charge in [0.05, 0.1) is 31.2 Å². The van der Waals surface area contributed by atoms with E-state index < -0.39 is 5.91 Å². The van der Waals surface area contributed by atoms with Gasteiger partial charge in [-0.05, 0) is 54.3 Å². The van der Waals surface area contributed by atoms with Crippen LogP contribution >= 0.6 is 11.3 Å². The van der Waals surface area contributed by atoms with Crippen LogP contribution in [0.3, 0.4) is 0 Å². The van der Waals surface area contributed by atoms with E-state index in [0.717, 1.165) is 22.9 Å². The summed E-state index contributed by atoms with van der Waals surface area (Å²) in [5.41, 5.74) is 2.95. The van der Waals surface area contributed by atoms with Crippen molar-refractivity contribution in [2.45, 2.75) is 20.3 Å². The van der Waals surface area contributed by atoms with E-state index in [0.29, 0.717) is 33.4 Å². The van der Waals surface area contributed by atoms with Gasteiger partial charge in [-0.15, -0.1) is 11.3 Å². The maximum atomic E-state index is 14.3. The predicted molar refractivity (Wildman–Crippen MR) is 140 cm³/mol. The van der Waals surface area contributed by atoms with Crippen LogP contribution in [0.1, 0.15) is 40.3 Å². The minimum Gasteiger partial charge on any atom is -0.493 e. The van der Waals surface area contributed by atoms with Gasteiger partial charge in [0.15, 0.2) is 17.3 Å². The first-order chi connectivity index (χ1) is 17.3. The molecule has 4 aromatic rings. The number of ketones is 1. The van der Waals surface area contributed by atoms with E-state index in [1.807, 2.05) is 17.5 Å². The number of thiophene rings is 1. The number of nitrogens with zero attached hydrogens (tertiary/aromatic N) is 1. The molecular formula is C28H27FN2O4S. The van der Waals surface area contributed by atoms with Gasteiger partial charge < -0.3 is 14.8 Å². The number of carbonyl (C=O) groups is 2. The fourth-order valence-electron chi connectivity index (χ4n) is 4.01. The van der Waals surface area contributed by atoms with Gasteiger partial charge in [-0.2, -0.15) is 0 Å². The molecule has 0 bridgehead atoms. The number of rotatable bonds is 9. The largest absolute Gasteiger partial charge is 0.493 e. The number of nitrogens with one attached hydrogen (secondary N) is 1. The highest BCUT2D eigenvalue weighted by Crippen LogP contribution is 2.35. The lowest BCUT2D eigenvalue weighted by molar-refractivity contribution is 0.0902. The number of ether oxygens (including phenoxy) is 2. The molecule has 0 spiro atoms. The molecule has 2 aromatic carbocycles. The lowest BCUT2D eigenvalue weighted by atomic mass is 9.99. The number of methoxy groups -OCH3 is 2. The monoisotopic (exact) mass is 506 g/mol. The summed E-state index contributed by atoms with van der Waals surface area (Å²) >= 11 is 1.31. The average molecular weight is 507 g/mol. The van der Waals surface area contributed by atoms with E-state index in [2.05, 4.69) is 24.1 Å². The minimum absolute atomic E-state index is 0.218. The van der Waals surface area contributed by atoms with Crippen LogP contribution in [0.2, 0.25) is 0 Å². The Balaban J connectivity index is 1.60. The second kappa shape index (κ2) is 10.9. The molecule has 2 aromatic heterocycles. The van der Waals surface area contributed by atoms with Gasteiger partial charge in [-0.25, -0.2) is 9.37 Å². The van der Waals surface area contributed by atoms with Crippen LogP contribution in [0, 0.1) is 11.7 Å². The zero-order valence-electron chi connectivity index (χ0n) is 20.6. The second-order valence-electron chi connectivity index (χ2n) is 8.79. The molecule has 0 saturated carbocycles. The Kier molecular flexibility index (Phi) is 7.64. The summed E-state index contributed by atoms with van der Waals surface area (Å²) in [6.45, 7) is 3.98. The molecule has 1 N–H and O–H groups in total. The van der Waals surface area contributed by atoms with E-state index in [1.54, 1.807) is 30.3 Å². The van der Waals surface area contributed by atoms with Gasteiger partial charge in [0.2, 0.25) is 0 Å². The van der Waals surface area contributed by atoms with Crippen LogP contribution in [0.5, 0.6) is 11.5 Å². The van der Waals surface area contributed by atoms with Gasteiger partial charge in [0.1, 0.15) is 11.5 Å².